The highest BCUT2D eigenvalue weighted by Crippen LogP contribution is 2.33. The van der Waals surface area contributed by atoms with E-state index in [1.165, 1.54) is 0 Å². The number of amides is 1. The predicted molar refractivity (Wildman–Crippen MR) is 106 cm³/mol. The monoisotopic (exact) mass is 405 g/mol. The van der Waals surface area contributed by atoms with Crippen molar-refractivity contribution in [3.8, 4) is 0 Å². The summed E-state index contributed by atoms with van der Waals surface area (Å²) in [6, 6.07) is 18.2. The molecule has 1 N–H and O–H groups in total. The Morgan fingerprint density at radius 3 is 2.21 bits per heavy atom. The molecule has 0 spiro atoms. The first kappa shape index (κ1) is 19.1. The van der Waals surface area contributed by atoms with Crippen LogP contribution in [-0.2, 0) is 10.3 Å². The maximum Gasteiger partial charge on any atom is 0.227 e. The molecule has 0 aliphatic rings. The molecule has 0 saturated heterocycles. The van der Waals surface area contributed by atoms with Crippen LogP contribution in [0.25, 0.3) is 0 Å². The van der Waals surface area contributed by atoms with E-state index in [4.69, 9.17) is 0 Å². The van der Waals surface area contributed by atoms with Crippen LogP contribution in [0.2, 0.25) is 0 Å². The molecule has 0 radical (unpaired) electrons. The first-order valence-corrected chi connectivity index (χ1v) is 9.76. The third-order valence-corrected chi connectivity index (χ3v) is 6.45. The Balaban J connectivity index is 2.03. The Morgan fingerprint density at radius 1 is 1.00 bits per heavy atom. The van der Waals surface area contributed by atoms with Crippen molar-refractivity contribution in [1.82, 2.24) is 5.32 Å². The molecule has 2 aromatic rings. The maximum absolute atomic E-state index is 12.8. The first-order chi connectivity index (χ1) is 11.2. The molecule has 0 unspecified atom stereocenters. The second-order valence-electron chi connectivity index (χ2n) is 7.05. The Hall–Kier alpha value is -1.26. The summed E-state index contributed by atoms with van der Waals surface area (Å²) in [5.74, 6) is 0.780. The first-order valence-electron chi connectivity index (χ1n) is 7.98. The number of carbonyl (C=O) groups is 1. The van der Waals surface area contributed by atoms with Gasteiger partial charge in [0.2, 0.25) is 5.91 Å². The minimum absolute atomic E-state index is 0.0657. The molecule has 2 rings (SSSR count). The number of rotatable bonds is 6. The minimum atomic E-state index is -0.466. The Labute approximate surface area is 157 Å². The smallest absolute Gasteiger partial charge is 0.227 e. The van der Waals surface area contributed by atoms with Crippen LogP contribution in [0.4, 0.5) is 0 Å². The summed E-state index contributed by atoms with van der Waals surface area (Å²) in [5.41, 5.74) is 0.243. The van der Waals surface area contributed by atoms with Gasteiger partial charge in [0.1, 0.15) is 0 Å². The van der Waals surface area contributed by atoms with Gasteiger partial charge in [-0.2, -0.15) is 0 Å². The van der Waals surface area contributed by atoms with Crippen LogP contribution in [0.5, 0.6) is 0 Å². The fourth-order valence-electron chi connectivity index (χ4n) is 2.27. The predicted octanol–water partition coefficient (Wildman–Crippen LogP) is 5.62. The number of benzene rings is 2. The van der Waals surface area contributed by atoms with Crippen LogP contribution in [0, 0.1) is 5.41 Å². The summed E-state index contributed by atoms with van der Waals surface area (Å²) in [4.78, 5) is 14.0. The van der Waals surface area contributed by atoms with E-state index in [2.05, 4.69) is 27.3 Å². The fourth-order valence-corrected chi connectivity index (χ4v) is 3.92. The van der Waals surface area contributed by atoms with Crippen molar-refractivity contribution in [3.05, 3.63) is 64.6 Å². The quantitative estimate of drug-likeness (QED) is 0.631. The van der Waals surface area contributed by atoms with Gasteiger partial charge >= 0.3 is 0 Å². The van der Waals surface area contributed by atoms with Gasteiger partial charge in [-0.1, -0.05) is 56.3 Å². The van der Waals surface area contributed by atoms with Crippen molar-refractivity contribution in [2.24, 2.45) is 5.41 Å². The van der Waals surface area contributed by atoms with E-state index in [-0.39, 0.29) is 5.91 Å². The second kappa shape index (κ2) is 7.75. The van der Waals surface area contributed by atoms with Gasteiger partial charge < -0.3 is 5.32 Å². The van der Waals surface area contributed by atoms with E-state index in [0.29, 0.717) is 5.75 Å². The highest BCUT2D eigenvalue weighted by atomic mass is 79.9. The molecule has 0 aliphatic carbocycles. The highest BCUT2D eigenvalue weighted by Gasteiger charge is 2.32. The normalized spacial score (nSPS) is 12.0. The van der Waals surface area contributed by atoms with Crippen LogP contribution in [0.1, 0.15) is 33.3 Å². The summed E-state index contributed by atoms with van der Waals surface area (Å²) in [7, 11) is 0. The number of carbonyl (C=O) groups excluding carboxylic acids is 1. The zero-order valence-electron chi connectivity index (χ0n) is 14.6. The molecule has 2 nitrogen and oxygen atoms in total. The van der Waals surface area contributed by atoms with E-state index >= 15 is 0 Å². The van der Waals surface area contributed by atoms with Crippen LogP contribution >= 0.6 is 27.7 Å². The lowest BCUT2D eigenvalue weighted by atomic mass is 9.89. The molecule has 24 heavy (non-hydrogen) atoms. The minimum Gasteiger partial charge on any atom is -0.347 e. The van der Waals surface area contributed by atoms with Crippen LogP contribution in [-0.4, -0.2) is 11.7 Å². The van der Waals surface area contributed by atoms with E-state index in [9.17, 15) is 4.79 Å². The summed E-state index contributed by atoms with van der Waals surface area (Å²) >= 11 is 5.26. The van der Waals surface area contributed by atoms with Crippen molar-refractivity contribution in [1.29, 1.82) is 0 Å². The summed E-state index contributed by atoms with van der Waals surface area (Å²) in [6.07, 6.45) is 0. The lowest BCUT2D eigenvalue weighted by molar-refractivity contribution is -0.130. The molecule has 0 saturated carbocycles. The van der Waals surface area contributed by atoms with E-state index in [1.807, 2.05) is 76.2 Å². The summed E-state index contributed by atoms with van der Waals surface area (Å²) < 4.78 is 1.07. The standard InChI is InChI=1S/C20H24BrNOS/c1-19(2,14-24-17-13-9-8-12-16(17)21)18(23)22-20(3,4)15-10-6-5-7-11-15/h5-13H,14H2,1-4H3,(H,22,23). The molecule has 0 atom stereocenters. The zero-order valence-corrected chi connectivity index (χ0v) is 17.0. The molecule has 0 fully saturated rings. The van der Waals surface area contributed by atoms with E-state index in [1.54, 1.807) is 11.8 Å². The third kappa shape index (κ3) is 4.87. The Bertz CT molecular complexity index is 698. The highest BCUT2D eigenvalue weighted by molar-refractivity contribution is 9.10. The van der Waals surface area contributed by atoms with E-state index < -0.39 is 11.0 Å². The van der Waals surface area contributed by atoms with Gasteiger partial charge in [-0.15, -0.1) is 11.8 Å². The lowest BCUT2D eigenvalue weighted by Crippen LogP contribution is -2.47. The van der Waals surface area contributed by atoms with Gasteiger partial charge in [0, 0.05) is 15.1 Å². The summed E-state index contributed by atoms with van der Waals surface area (Å²) in [6.45, 7) is 8.06. The van der Waals surface area contributed by atoms with Crippen LogP contribution in [0.3, 0.4) is 0 Å². The molecule has 0 bridgehead atoms. The van der Waals surface area contributed by atoms with Gasteiger partial charge in [0.05, 0.1) is 11.0 Å². The number of hydrogen-bond acceptors (Lipinski definition) is 2. The fraction of sp³-hybridized carbons (Fsp3) is 0.350. The Morgan fingerprint density at radius 2 is 1.58 bits per heavy atom. The van der Waals surface area contributed by atoms with Crippen molar-refractivity contribution in [3.63, 3.8) is 0 Å². The third-order valence-electron chi connectivity index (χ3n) is 3.96. The Kier molecular flexibility index (Phi) is 6.16. The average Bonchev–Trinajstić information content (AvgIpc) is 2.54. The number of nitrogens with one attached hydrogen (secondary N) is 1. The van der Waals surface area contributed by atoms with Crippen molar-refractivity contribution in [2.75, 3.05) is 5.75 Å². The van der Waals surface area contributed by atoms with Gasteiger partial charge in [-0.25, -0.2) is 0 Å². The number of halogens is 1. The largest absolute Gasteiger partial charge is 0.347 e. The van der Waals surface area contributed by atoms with E-state index in [0.717, 1.165) is 14.9 Å². The van der Waals surface area contributed by atoms with Crippen molar-refractivity contribution < 1.29 is 4.79 Å². The molecular weight excluding hydrogens is 382 g/mol. The summed E-state index contributed by atoms with van der Waals surface area (Å²) in [5, 5.41) is 3.20. The van der Waals surface area contributed by atoms with Gasteiger partial charge in [0.15, 0.2) is 0 Å². The molecular formula is C20H24BrNOS. The zero-order chi connectivity index (χ0) is 17.8. The van der Waals surface area contributed by atoms with Crippen molar-refractivity contribution >= 4 is 33.6 Å². The molecule has 4 heteroatoms. The maximum atomic E-state index is 12.8. The molecule has 0 aliphatic heterocycles. The molecule has 1 amide bonds. The van der Waals surface area contributed by atoms with Crippen molar-refractivity contribution in [2.45, 2.75) is 38.1 Å². The SMILES string of the molecule is CC(C)(CSc1ccccc1Br)C(=O)NC(C)(C)c1ccccc1. The number of hydrogen-bond donors (Lipinski definition) is 1. The molecule has 128 valence electrons. The average molecular weight is 406 g/mol. The van der Waals surface area contributed by atoms with Gasteiger partial charge in [0.25, 0.3) is 0 Å². The molecule has 0 aromatic heterocycles. The van der Waals surface area contributed by atoms with Crippen LogP contribution < -0.4 is 5.32 Å². The molecule has 0 heterocycles. The molecule has 2 aromatic carbocycles. The van der Waals surface area contributed by atoms with Gasteiger partial charge in [-0.05, 0) is 47.5 Å². The van der Waals surface area contributed by atoms with Crippen LogP contribution in [0.15, 0.2) is 64.0 Å². The topological polar surface area (TPSA) is 29.1 Å². The second-order valence-corrected chi connectivity index (χ2v) is 8.92. The lowest BCUT2D eigenvalue weighted by Gasteiger charge is -2.32. The van der Waals surface area contributed by atoms with Gasteiger partial charge in [-0.3, -0.25) is 4.79 Å². The number of thioether (sulfide) groups is 1.